The van der Waals surface area contributed by atoms with E-state index in [0.717, 1.165) is 12.8 Å². The summed E-state index contributed by atoms with van der Waals surface area (Å²) in [5, 5.41) is 0. The summed E-state index contributed by atoms with van der Waals surface area (Å²) >= 11 is 0. The van der Waals surface area contributed by atoms with Gasteiger partial charge in [-0.2, -0.15) is 0 Å². The summed E-state index contributed by atoms with van der Waals surface area (Å²) in [7, 11) is 1.54. The molecule has 2 aliphatic rings. The first-order valence-electron chi connectivity index (χ1n) is 10.2. The van der Waals surface area contributed by atoms with Crippen molar-refractivity contribution < 1.29 is 19.1 Å². The summed E-state index contributed by atoms with van der Waals surface area (Å²) in [6, 6.07) is 10.8. The number of aromatic nitrogens is 2. The van der Waals surface area contributed by atoms with Crippen molar-refractivity contribution in [1.29, 1.82) is 0 Å². The number of nitrogens with one attached hydrogen (secondary N) is 1. The quantitative estimate of drug-likeness (QED) is 0.518. The van der Waals surface area contributed by atoms with Crippen molar-refractivity contribution in [2.45, 2.75) is 18.4 Å². The molecule has 158 valence electrons. The van der Waals surface area contributed by atoms with Crippen LogP contribution in [0.5, 0.6) is 5.75 Å². The van der Waals surface area contributed by atoms with Crippen molar-refractivity contribution in [3.63, 3.8) is 0 Å². The zero-order valence-corrected chi connectivity index (χ0v) is 17.1. The van der Waals surface area contributed by atoms with E-state index in [-0.39, 0.29) is 11.5 Å². The van der Waals surface area contributed by atoms with E-state index in [1.165, 1.54) is 13.3 Å². The van der Waals surface area contributed by atoms with E-state index < -0.39 is 17.2 Å². The number of methoxy groups -OCH3 is 1. The highest BCUT2D eigenvalue weighted by Crippen LogP contribution is 2.45. The average Bonchev–Trinajstić information content (AvgIpc) is 3.43. The Morgan fingerprint density at radius 2 is 1.87 bits per heavy atom. The lowest BCUT2D eigenvalue weighted by Crippen LogP contribution is -2.59. The van der Waals surface area contributed by atoms with Crippen molar-refractivity contribution >= 4 is 28.6 Å². The molecule has 1 saturated heterocycles. The van der Waals surface area contributed by atoms with E-state index in [1.807, 2.05) is 18.2 Å². The highest BCUT2D eigenvalue weighted by atomic mass is 16.5. The fourth-order valence-electron chi connectivity index (χ4n) is 4.38. The molecule has 0 atom stereocenters. The van der Waals surface area contributed by atoms with Crippen LogP contribution < -0.4 is 4.74 Å². The fraction of sp³-hybridized carbons (Fsp3) is 0.304. The number of rotatable bonds is 4. The highest BCUT2D eigenvalue weighted by Gasteiger charge is 2.55. The molecule has 1 aliphatic heterocycles. The minimum atomic E-state index is -0.596. The van der Waals surface area contributed by atoms with Crippen molar-refractivity contribution in [3.8, 4) is 5.75 Å². The predicted octanol–water partition coefficient (Wildman–Crippen LogP) is 2.27. The lowest BCUT2D eigenvalue weighted by molar-refractivity contribution is -0.131. The van der Waals surface area contributed by atoms with Gasteiger partial charge in [0.2, 0.25) is 0 Å². The molecule has 3 aromatic rings. The third kappa shape index (κ3) is 3.15. The number of pyridine rings is 1. The monoisotopic (exact) mass is 418 g/mol. The zero-order valence-electron chi connectivity index (χ0n) is 17.1. The molecule has 8 heteroatoms. The number of ketones is 1. The molecule has 1 saturated carbocycles. The molecule has 1 aliphatic carbocycles. The van der Waals surface area contributed by atoms with Crippen molar-refractivity contribution in [1.82, 2.24) is 19.8 Å². The number of benzene rings is 1. The number of aromatic amines is 1. The maximum Gasteiger partial charge on any atom is 0.295 e. The SMILES string of the molecule is COc1ccnc2c(C(=O)C(=O)N3CCN(C(=O)c4ccccc4)CC34CC4)c[nH]c12. The lowest BCUT2D eigenvalue weighted by Gasteiger charge is -2.41. The minimum Gasteiger partial charge on any atom is -0.494 e. The number of carbonyl (C=O) groups is 3. The largest absolute Gasteiger partial charge is 0.494 e. The van der Waals surface area contributed by atoms with Gasteiger partial charge < -0.3 is 19.5 Å². The Kier molecular flexibility index (Phi) is 4.50. The van der Waals surface area contributed by atoms with E-state index in [0.29, 0.717) is 42.0 Å². The van der Waals surface area contributed by atoms with Crippen LogP contribution >= 0.6 is 0 Å². The molecule has 8 nitrogen and oxygen atoms in total. The number of hydrogen-bond donors (Lipinski definition) is 1. The molecule has 2 amide bonds. The van der Waals surface area contributed by atoms with Gasteiger partial charge in [0.15, 0.2) is 0 Å². The normalized spacial score (nSPS) is 17.1. The Balaban J connectivity index is 1.36. The average molecular weight is 418 g/mol. The maximum atomic E-state index is 13.2. The Morgan fingerprint density at radius 1 is 1.10 bits per heavy atom. The van der Waals surface area contributed by atoms with Crippen LogP contribution in [0, 0.1) is 0 Å². The van der Waals surface area contributed by atoms with Crippen LogP contribution in [-0.4, -0.2) is 69.6 Å². The molecule has 5 rings (SSSR count). The number of hydrogen-bond acceptors (Lipinski definition) is 5. The van der Waals surface area contributed by atoms with Gasteiger partial charge in [-0.25, -0.2) is 0 Å². The topological polar surface area (TPSA) is 95.6 Å². The molecule has 1 N–H and O–H groups in total. The summed E-state index contributed by atoms with van der Waals surface area (Å²) in [6.07, 6.45) is 4.62. The van der Waals surface area contributed by atoms with Crippen LogP contribution in [-0.2, 0) is 4.79 Å². The van der Waals surface area contributed by atoms with Gasteiger partial charge in [0.1, 0.15) is 16.8 Å². The number of carbonyl (C=O) groups excluding carboxylic acids is 3. The van der Waals surface area contributed by atoms with Gasteiger partial charge in [0, 0.05) is 43.7 Å². The third-order valence-corrected chi connectivity index (χ3v) is 6.22. The maximum absolute atomic E-state index is 13.2. The van der Waals surface area contributed by atoms with Gasteiger partial charge in [-0.05, 0) is 25.0 Å². The van der Waals surface area contributed by atoms with Crippen LogP contribution in [0.3, 0.4) is 0 Å². The summed E-state index contributed by atoms with van der Waals surface area (Å²) < 4.78 is 5.30. The molecule has 1 spiro atoms. The van der Waals surface area contributed by atoms with E-state index in [9.17, 15) is 14.4 Å². The number of amides is 2. The second-order valence-electron chi connectivity index (χ2n) is 8.04. The molecule has 3 heterocycles. The number of fused-ring (bicyclic) bond motifs is 1. The molecule has 31 heavy (non-hydrogen) atoms. The molecule has 0 radical (unpaired) electrons. The number of Topliss-reactive ketones (excluding diaryl/α,β-unsaturated/α-hetero) is 1. The van der Waals surface area contributed by atoms with Crippen molar-refractivity contribution in [3.05, 3.63) is 59.9 Å². The van der Waals surface area contributed by atoms with Gasteiger partial charge in [-0.3, -0.25) is 19.4 Å². The molecular formula is C23H22N4O4. The second kappa shape index (κ2) is 7.23. The molecule has 1 aromatic carbocycles. The summed E-state index contributed by atoms with van der Waals surface area (Å²) in [4.78, 5) is 49.8. The van der Waals surface area contributed by atoms with E-state index >= 15 is 0 Å². The smallest absolute Gasteiger partial charge is 0.295 e. The third-order valence-electron chi connectivity index (χ3n) is 6.22. The van der Waals surface area contributed by atoms with Crippen molar-refractivity contribution in [2.75, 3.05) is 26.7 Å². The first kappa shape index (κ1) is 19.3. The molecule has 2 aromatic heterocycles. The zero-order chi connectivity index (χ0) is 21.6. The number of nitrogens with zero attached hydrogens (tertiary/aromatic N) is 3. The van der Waals surface area contributed by atoms with Crippen LogP contribution in [0.2, 0.25) is 0 Å². The number of piperazine rings is 1. The van der Waals surface area contributed by atoms with Crippen LogP contribution in [0.15, 0.2) is 48.8 Å². The lowest BCUT2D eigenvalue weighted by atomic mass is 10.1. The van der Waals surface area contributed by atoms with Gasteiger partial charge in [0.25, 0.3) is 17.6 Å². The molecule has 2 fully saturated rings. The van der Waals surface area contributed by atoms with Gasteiger partial charge in [-0.1, -0.05) is 18.2 Å². The molecular weight excluding hydrogens is 396 g/mol. The summed E-state index contributed by atoms with van der Waals surface area (Å²) in [6.45, 7) is 1.18. The first-order chi connectivity index (χ1) is 15.0. The Morgan fingerprint density at radius 3 is 2.58 bits per heavy atom. The second-order valence-corrected chi connectivity index (χ2v) is 8.04. The Hall–Kier alpha value is -3.68. The summed E-state index contributed by atoms with van der Waals surface area (Å²) in [5.41, 5.74) is 1.42. The minimum absolute atomic E-state index is 0.0433. The van der Waals surface area contributed by atoms with Crippen molar-refractivity contribution in [2.24, 2.45) is 0 Å². The molecule has 0 unspecified atom stereocenters. The van der Waals surface area contributed by atoms with E-state index in [1.54, 1.807) is 34.2 Å². The number of H-pyrrole nitrogens is 1. The van der Waals surface area contributed by atoms with E-state index in [2.05, 4.69) is 9.97 Å². The first-order valence-corrected chi connectivity index (χ1v) is 10.2. The molecule has 0 bridgehead atoms. The van der Waals surface area contributed by atoms with Gasteiger partial charge in [0.05, 0.1) is 18.2 Å². The Bertz CT molecular complexity index is 1180. The standard InChI is InChI=1S/C23H22N4O4/c1-31-17-7-10-24-18-16(13-25-19(17)18)20(28)22(30)27-12-11-26(14-23(27)8-9-23)21(29)15-5-3-2-4-6-15/h2-7,10,13,25H,8-9,11-12,14H2,1H3. The van der Waals surface area contributed by atoms with E-state index in [4.69, 9.17) is 4.74 Å². The number of ether oxygens (including phenoxy) is 1. The highest BCUT2D eigenvalue weighted by molar-refractivity contribution is 6.45. The van der Waals surface area contributed by atoms with Crippen LogP contribution in [0.1, 0.15) is 33.6 Å². The van der Waals surface area contributed by atoms with Crippen LogP contribution in [0.25, 0.3) is 11.0 Å². The van der Waals surface area contributed by atoms with Crippen LogP contribution in [0.4, 0.5) is 0 Å². The Labute approximate surface area is 178 Å². The van der Waals surface area contributed by atoms with Gasteiger partial charge >= 0.3 is 0 Å². The van der Waals surface area contributed by atoms with Gasteiger partial charge in [-0.15, -0.1) is 0 Å². The fourth-order valence-corrected chi connectivity index (χ4v) is 4.38. The predicted molar refractivity (Wildman–Crippen MR) is 113 cm³/mol. The summed E-state index contributed by atoms with van der Waals surface area (Å²) in [5.74, 6) is -0.627.